The van der Waals surface area contributed by atoms with Gasteiger partial charge in [-0.15, -0.1) is 0 Å². The van der Waals surface area contributed by atoms with E-state index in [0.717, 1.165) is 21.3 Å². The van der Waals surface area contributed by atoms with Crippen molar-refractivity contribution < 1.29 is 9.90 Å². The Morgan fingerprint density at radius 2 is 2.11 bits per heavy atom. The standard InChI is InChI=1S/C14H15BrN2O2/c1-8-4-5-10(9(2)6-8)14-13(15)11(7-12(18)19)16-17(14)3/h4-6H,7H2,1-3H3,(H,18,19). The van der Waals surface area contributed by atoms with E-state index in [2.05, 4.69) is 27.1 Å². The van der Waals surface area contributed by atoms with Gasteiger partial charge >= 0.3 is 5.97 Å². The monoisotopic (exact) mass is 322 g/mol. The molecule has 0 radical (unpaired) electrons. The molecule has 2 rings (SSSR count). The Morgan fingerprint density at radius 1 is 1.42 bits per heavy atom. The van der Waals surface area contributed by atoms with Crippen LogP contribution >= 0.6 is 15.9 Å². The fraction of sp³-hybridized carbons (Fsp3) is 0.286. The molecular formula is C14H15BrN2O2. The molecule has 100 valence electrons. The van der Waals surface area contributed by atoms with Gasteiger partial charge in [0.2, 0.25) is 0 Å². The topological polar surface area (TPSA) is 55.1 Å². The Labute approximate surface area is 120 Å². The van der Waals surface area contributed by atoms with Gasteiger partial charge in [-0.3, -0.25) is 9.48 Å². The predicted molar refractivity (Wildman–Crippen MR) is 77.2 cm³/mol. The van der Waals surface area contributed by atoms with Crippen LogP contribution in [0.4, 0.5) is 0 Å². The van der Waals surface area contributed by atoms with Crippen LogP contribution in [0.3, 0.4) is 0 Å². The number of halogens is 1. The second-order valence-corrected chi connectivity index (χ2v) is 5.41. The van der Waals surface area contributed by atoms with Crippen molar-refractivity contribution in [1.29, 1.82) is 0 Å². The van der Waals surface area contributed by atoms with Gasteiger partial charge in [-0.1, -0.05) is 23.8 Å². The van der Waals surface area contributed by atoms with Gasteiger partial charge in [0, 0.05) is 12.6 Å². The van der Waals surface area contributed by atoms with E-state index in [1.807, 2.05) is 33.0 Å². The molecule has 0 amide bonds. The Morgan fingerprint density at radius 3 is 2.68 bits per heavy atom. The number of carboxylic acids is 1. The fourth-order valence-corrected chi connectivity index (χ4v) is 2.87. The lowest BCUT2D eigenvalue weighted by atomic mass is 10.0. The second kappa shape index (κ2) is 5.17. The number of carbonyl (C=O) groups is 1. The first kappa shape index (κ1) is 13.8. The largest absolute Gasteiger partial charge is 0.481 e. The number of carboxylic acid groups (broad SMARTS) is 1. The molecule has 0 saturated carbocycles. The van der Waals surface area contributed by atoms with Gasteiger partial charge in [0.05, 0.1) is 22.3 Å². The van der Waals surface area contributed by atoms with Crippen LogP contribution in [0, 0.1) is 13.8 Å². The quantitative estimate of drug-likeness (QED) is 0.944. The first-order valence-electron chi connectivity index (χ1n) is 5.91. The number of nitrogens with zero attached hydrogens (tertiary/aromatic N) is 2. The van der Waals surface area contributed by atoms with Gasteiger partial charge in [0.15, 0.2) is 0 Å². The number of rotatable bonds is 3. The maximum atomic E-state index is 10.8. The summed E-state index contributed by atoms with van der Waals surface area (Å²) in [4.78, 5) is 10.8. The summed E-state index contributed by atoms with van der Waals surface area (Å²) in [6.07, 6.45) is -0.0840. The molecular weight excluding hydrogens is 308 g/mol. The molecule has 0 aliphatic heterocycles. The molecule has 0 saturated heterocycles. The third-order valence-corrected chi connectivity index (χ3v) is 3.84. The lowest BCUT2D eigenvalue weighted by molar-refractivity contribution is -0.136. The number of benzene rings is 1. The van der Waals surface area contributed by atoms with E-state index in [9.17, 15) is 4.79 Å². The van der Waals surface area contributed by atoms with Gasteiger partial charge in [-0.2, -0.15) is 5.10 Å². The number of aromatic nitrogens is 2. The van der Waals surface area contributed by atoms with Crippen LogP contribution in [-0.4, -0.2) is 20.9 Å². The van der Waals surface area contributed by atoms with Gasteiger partial charge in [-0.25, -0.2) is 0 Å². The van der Waals surface area contributed by atoms with Gasteiger partial charge in [0.1, 0.15) is 0 Å². The van der Waals surface area contributed by atoms with Crippen molar-refractivity contribution in [3.8, 4) is 11.3 Å². The van der Waals surface area contributed by atoms with Crippen LogP contribution in [0.15, 0.2) is 22.7 Å². The minimum absolute atomic E-state index is 0.0840. The molecule has 19 heavy (non-hydrogen) atoms. The van der Waals surface area contributed by atoms with Crippen molar-refractivity contribution in [3.63, 3.8) is 0 Å². The summed E-state index contributed by atoms with van der Waals surface area (Å²) >= 11 is 3.47. The lowest BCUT2D eigenvalue weighted by Gasteiger charge is -2.08. The molecule has 0 spiro atoms. The first-order chi connectivity index (χ1) is 8.90. The zero-order chi connectivity index (χ0) is 14.2. The second-order valence-electron chi connectivity index (χ2n) is 4.62. The minimum atomic E-state index is -0.883. The summed E-state index contributed by atoms with van der Waals surface area (Å²) in [6.45, 7) is 4.09. The molecule has 5 heteroatoms. The Kier molecular flexibility index (Phi) is 3.75. The number of aryl methyl sites for hydroxylation is 3. The Hall–Kier alpha value is -1.62. The average Bonchev–Trinajstić information content (AvgIpc) is 2.55. The van der Waals surface area contributed by atoms with E-state index < -0.39 is 5.97 Å². The summed E-state index contributed by atoms with van der Waals surface area (Å²) < 4.78 is 2.48. The predicted octanol–water partition coefficient (Wildman–Crippen LogP) is 3.09. The van der Waals surface area contributed by atoms with E-state index in [0.29, 0.717) is 5.69 Å². The third-order valence-electron chi connectivity index (χ3n) is 3.01. The van der Waals surface area contributed by atoms with Crippen molar-refractivity contribution in [3.05, 3.63) is 39.5 Å². The van der Waals surface area contributed by atoms with E-state index >= 15 is 0 Å². The van der Waals surface area contributed by atoms with Crippen molar-refractivity contribution in [2.24, 2.45) is 7.05 Å². The van der Waals surface area contributed by atoms with E-state index in [4.69, 9.17) is 5.11 Å². The summed E-state index contributed by atoms with van der Waals surface area (Å²) in [5, 5.41) is 13.2. The van der Waals surface area contributed by atoms with Crippen LogP contribution in [0.25, 0.3) is 11.3 Å². The van der Waals surface area contributed by atoms with Crippen LogP contribution < -0.4 is 0 Å². The highest BCUT2D eigenvalue weighted by molar-refractivity contribution is 9.10. The minimum Gasteiger partial charge on any atom is -0.481 e. The summed E-state index contributed by atoms with van der Waals surface area (Å²) in [7, 11) is 1.82. The van der Waals surface area contributed by atoms with Gasteiger partial charge < -0.3 is 5.11 Å². The van der Waals surface area contributed by atoms with E-state index in [-0.39, 0.29) is 6.42 Å². The normalized spacial score (nSPS) is 10.7. The zero-order valence-electron chi connectivity index (χ0n) is 11.1. The molecule has 1 N–H and O–H groups in total. The average molecular weight is 323 g/mol. The third kappa shape index (κ3) is 2.71. The number of hydrogen-bond acceptors (Lipinski definition) is 2. The molecule has 2 aromatic rings. The molecule has 0 atom stereocenters. The summed E-state index contributed by atoms with van der Waals surface area (Å²) in [5.74, 6) is -0.883. The highest BCUT2D eigenvalue weighted by Gasteiger charge is 2.18. The van der Waals surface area contributed by atoms with Crippen molar-refractivity contribution in [2.75, 3.05) is 0 Å². The molecule has 4 nitrogen and oxygen atoms in total. The van der Waals surface area contributed by atoms with Crippen LogP contribution in [-0.2, 0) is 18.3 Å². The number of aliphatic carboxylic acids is 1. The first-order valence-corrected chi connectivity index (χ1v) is 6.70. The molecule has 0 aliphatic carbocycles. The highest BCUT2D eigenvalue weighted by atomic mass is 79.9. The van der Waals surface area contributed by atoms with Gasteiger partial charge in [-0.05, 0) is 35.3 Å². The smallest absolute Gasteiger partial charge is 0.309 e. The highest BCUT2D eigenvalue weighted by Crippen LogP contribution is 2.33. The van der Waals surface area contributed by atoms with E-state index in [1.165, 1.54) is 5.56 Å². The maximum Gasteiger partial charge on any atom is 0.309 e. The van der Waals surface area contributed by atoms with Gasteiger partial charge in [0.25, 0.3) is 0 Å². The SMILES string of the molecule is Cc1ccc(-c2c(Br)c(CC(=O)O)nn2C)c(C)c1. The molecule has 0 unspecified atom stereocenters. The van der Waals surface area contributed by atoms with Crippen molar-refractivity contribution in [1.82, 2.24) is 9.78 Å². The summed E-state index contributed by atoms with van der Waals surface area (Å²) in [6, 6.07) is 6.18. The molecule has 1 heterocycles. The van der Waals surface area contributed by atoms with Crippen LogP contribution in [0.2, 0.25) is 0 Å². The van der Waals surface area contributed by atoms with Crippen LogP contribution in [0.1, 0.15) is 16.8 Å². The molecule has 0 fully saturated rings. The molecule has 0 bridgehead atoms. The Bertz CT molecular complexity index is 647. The van der Waals surface area contributed by atoms with Crippen molar-refractivity contribution in [2.45, 2.75) is 20.3 Å². The molecule has 0 aliphatic rings. The molecule has 1 aromatic carbocycles. The van der Waals surface area contributed by atoms with Crippen molar-refractivity contribution >= 4 is 21.9 Å². The summed E-state index contributed by atoms with van der Waals surface area (Å²) in [5.41, 5.74) is 4.86. The maximum absolute atomic E-state index is 10.8. The van der Waals surface area contributed by atoms with E-state index in [1.54, 1.807) is 4.68 Å². The molecule has 1 aromatic heterocycles. The Balaban J connectivity index is 2.56. The zero-order valence-corrected chi connectivity index (χ0v) is 12.7. The van der Waals surface area contributed by atoms with Crippen LogP contribution in [0.5, 0.6) is 0 Å². The number of hydrogen-bond donors (Lipinski definition) is 1. The fourth-order valence-electron chi connectivity index (χ4n) is 2.18. The lowest BCUT2D eigenvalue weighted by Crippen LogP contribution is -2.02.